The van der Waals surface area contributed by atoms with Gasteiger partial charge >= 0.3 is 5.97 Å². The van der Waals surface area contributed by atoms with Crippen molar-refractivity contribution >= 4 is 51.2 Å². The van der Waals surface area contributed by atoms with Crippen molar-refractivity contribution in [3.8, 4) is 5.75 Å². The van der Waals surface area contributed by atoms with Crippen molar-refractivity contribution in [2.24, 2.45) is 0 Å². The van der Waals surface area contributed by atoms with Crippen LogP contribution in [-0.2, 0) is 14.9 Å². The number of benzene rings is 1. The fourth-order valence-corrected chi connectivity index (χ4v) is 4.41. The maximum Gasteiger partial charge on any atom is 0.316 e. The highest BCUT2D eigenvalue weighted by atomic mass is 127. The maximum absolute atomic E-state index is 12.1. The van der Waals surface area contributed by atoms with Crippen LogP contribution < -0.4 is 4.74 Å². The van der Waals surface area contributed by atoms with Gasteiger partial charge < -0.3 is 9.47 Å². The number of hydrogen-bond donors (Lipinski definition) is 0. The number of hydrogen-bond acceptors (Lipinski definition) is 3. The predicted octanol–water partition coefficient (Wildman–Crippen LogP) is 4.36. The van der Waals surface area contributed by atoms with Crippen molar-refractivity contribution in [1.82, 2.24) is 0 Å². The van der Waals surface area contributed by atoms with Gasteiger partial charge in [0.25, 0.3) is 0 Å². The van der Waals surface area contributed by atoms with Crippen molar-refractivity contribution in [1.29, 1.82) is 0 Å². The van der Waals surface area contributed by atoms with E-state index in [1.165, 1.54) is 7.11 Å². The Labute approximate surface area is 152 Å². The summed E-state index contributed by atoms with van der Waals surface area (Å²) >= 11 is 4.56. The van der Waals surface area contributed by atoms with Crippen molar-refractivity contribution in [2.45, 2.75) is 32.1 Å². The SMILES string of the molecule is C=C(C)COc1c(I)cc(C2(C(=O)OC)CC2)c(C)c1I. The Hall–Kier alpha value is -0.310. The summed E-state index contributed by atoms with van der Waals surface area (Å²) in [5.41, 5.74) is 2.73. The lowest BCUT2D eigenvalue weighted by Gasteiger charge is -2.20. The van der Waals surface area contributed by atoms with Crippen molar-refractivity contribution in [3.05, 3.63) is 36.5 Å². The molecule has 2 rings (SSSR count). The molecule has 1 aliphatic carbocycles. The van der Waals surface area contributed by atoms with Gasteiger partial charge in [0.2, 0.25) is 0 Å². The molecule has 5 heteroatoms. The largest absolute Gasteiger partial charge is 0.487 e. The number of ether oxygens (including phenoxy) is 2. The summed E-state index contributed by atoms with van der Waals surface area (Å²) in [6.45, 7) is 8.36. The fourth-order valence-electron chi connectivity index (χ4n) is 2.42. The van der Waals surface area contributed by atoms with Gasteiger partial charge in [0.1, 0.15) is 12.4 Å². The summed E-state index contributed by atoms with van der Waals surface area (Å²) in [4.78, 5) is 12.1. The van der Waals surface area contributed by atoms with Gasteiger partial charge in [-0.05, 0) is 94.6 Å². The monoisotopic (exact) mass is 512 g/mol. The number of halogens is 2. The molecule has 0 N–H and O–H groups in total. The van der Waals surface area contributed by atoms with Crippen molar-refractivity contribution in [2.75, 3.05) is 13.7 Å². The first-order valence-electron chi connectivity index (χ1n) is 6.68. The van der Waals surface area contributed by atoms with E-state index in [1.54, 1.807) is 0 Å². The van der Waals surface area contributed by atoms with Gasteiger partial charge in [-0.3, -0.25) is 4.79 Å². The Bertz CT molecular complexity index is 604. The molecule has 0 unspecified atom stereocenters. The molecule has 0 heterocycles. The summed E-state index contributed by atoms with van der Waals surface area (Å²) in [6.07, 6.45) is 1.72. The van der Waals surface area contributed by atoms with Crippen LogP contribution in [0.15, 0.2) is 18.2 Å². The highest BCUT2D eigenvalue weighted by Gasteiger charge is 2.53. The van der Waals surface area contributed by atoms with E-state index >= 15 is 0 Å². The molecule has 114 valence electrons. The lowest BCUT2D eigenvalue weighted by atomic mass is 9.92. The minimum absolute atomic E-state index is 0.132. The zero-order valence-corrected chi connectivity index (χ0v) is 16.7. The molecule has 0 amide bonds. The molecule has 0 saturated heterocycles. The summed E-state index contributed by atoms with van der Waals surface area (Å²) in [7, 11) is 1.46. The van der Waals surface area contributed by atoms with Gasteiger partial charge in [-0.15, -0.1) is 0 Å². The number of methoxy groups -OCH3 is 1. The summed E-state index contributed by atoms with van der Waals surface area (Å²) in [5.74, 6) is 0.744. The van der Waals surface area contributed by atoms with Gasteiger partial charge in [0, 0.05) is 0 Å². The van der Waals surface area contributed by atoms with Gasteiger partial charge in [-0.2, -0.15) is 0 Å². The molecular weight excluding hydrogens is 494 g/mol. The Morgan fingerprint density at radius 1 is 1.43 bits per heavy atom. The molecule has 1 fully saturated rings. The summed E-state index contributed by atoms with van der Waals surface area (Å²) in [5, 5.41) is 0. The predicted molar refractivity (Wildman–Crippen MR) is 99.9 cm³/mol. The van der Waals surface area contributed by atoms with E-state index < -0.39 is 5.41 Å². The molecule has 1 aliphatic rings. The first-order valence-corrected chi connectivity index (χ1v) is 8.84. The van der Waals surface area contributed by atoms with E-state index in [2.05, 4.69) is 57.8 Å². The van der Waals surface area contributed by atoms with Crippen LogP contribution in [0.25, 0.3) is 0 Å². The van der Waals surface area contributed by atoms with Crippen LogP contribution in [0.3, 0.4) is 0 Å². The van der Waals surface area contributed by atoms with E-state index in [0.29, 0.717) is 6.61 Å². The molecule has 0 atom stereocenters. The second-order valence-corrected chi connectivity index (χ2v) is 7.73. The van der Waals surface area contributed by atoms with E-state index in [0.717, 1.165) is 42.4 Å². The highest BCUT2D eigenvalue weighted by molar-refractivity contribution is 14.1. The average molecular weight is 512 g/mol. The summed E-state index contributed by atoms with van der Waals surface area (Å²) < 4.78 is 12.9. The third-order valence-electron chi connectivity index (χ3n) is 3.73. The van der Waals surface area contributed by atoms with Crippen molar-refractivity contribution < 1.29 is 14.3 Å². The third kappa shape index (κ3) is 3.23. The van der Waals surface area contributed by atoms with Gasteiger partial charge in [-0.25, -0.2) is 0 Å². The average Bonchev–Trinajstić information content (AvgIpc) is 3.23. The molecule has 0 bridgehead atoms. The number of carbonyl (C=O) groups excluding carboxylic acids is 1. The quantitative estimate of drug-likeness (QED) is 0.335. The Morgan fingerprint density at radius 3 is 2.52 bits per heavy atom. The molecule has 1 aromatic carbocycles. The maximum atomic E-state index is 12.1. The molecule has 0 aromatic heterocycles. The van der Waals surface area contributed by atoms with E-state index in [-0.39, 0.29) is 5.97 Å². The highest BCUT2D eigenvalue weighted by Crippen LogP contribution is 2.52. The molecular formula is C16H18I2O3. The number of carbonyl (C=O) groups is 1. The number of rotatable bonds is 5. The van der Waals surface area contributed by atoms with Gasteiger partial charge in [0.05, 0.1) is 19.7 Å². The molecule has 0 spiro atoms. The standard InChI is InChI=1S/C16H18I2O3/c1-9(2)8-21-14-12(17)7-11(10(3)13(14)18)16(5-6-16)15(19)20-4/h7H,1,5-6,8H2,2-4H3. The molecule has 0 aliphatic heterocycles. The zero-order chi connectivity index (χ0) is 15.8. The molecule has 21 heavy (non-hydrogen) atoms. The van der Waals surface area contributed by atoms with Crippen LogP contribution in [-0.4, -0.2) is 19.7 Å². The third-order valence-corrected chi connectivity index (χ3v) is 5.83. The molecule has 0 radical (unpaired) electrons. The second-order valence-electron chi connectivity index (χ2n) is 5.49. The van der Waals surface area contributed by atoms with Crippen LogP contribution >= 0.6 is 45.2 Å². The first-order chi connectivity index (χ1) is 9.83. The minimum Gasteiger partial charge on any atom is -0.487 e. The second kappa shape index (κ2) is 6.44. The van der Waals surface area contributed by atoms with Crippen LogP contribution in [0, 0.1) is 14.1 Å². The van der Waals surface area contributed by atoms with Gasteiger partial charge in [-0.1, -0.05) is 6.58 Å². The Kier molecular flexibility index (Phi) is 5.23. The van der Waals surface area contributed by atoms with Crippen LogP contribution in [0.2, 0.25) is 0 Å². The van der Waals surface area contributed by atoms with E-state index in [4.69, 9.17) is 9.47 Å². The number of esters is 1. The van der Waals surface area contributed by atoms with Gasteiger partial charge in [0.15, 0.2) is 0 Å². The molecule has 1 saturated carbocycles. The molecule has 3 nitrogen and oxygen atoms in total. The van der Waals surface area contributed by atoms with Crippen LogP contribution in [0.5, 0.6) is 5.75 Å². The Morgan fingerprint density at radius 2 is 2.05 bits per heavy atom. The molecule has 1 aromatic rings. The summed E-state index contributed by atoms with van der Waals surface area (Å²) in [6, 6.07) is 2.07. The van der Waals surface area contributed by atoms with Crippen LogP contribution in [0.4, 0.5) is 0 Å². The lowest BCUT2D eigenvalue weighted by Crippen LogP contribution is -2.23. The van der Waals surface area contributed by atoms with E-state index in [1.807, 2.05) is 13.8 Å². The zero-order valence-electron chi connectivity index (χ0n) is 12.4. The topological polar surface area (TPSA) is 35.5 Å². The smallest absolute Gasteiger partial charge is 0.316 e. The fraction of sp³-hybridized carbons (Fsp3) is 0.438. The normalized spacial score (nSPS) is 15.5. The minimum atomic E-state index is -0.439. The lowest BCUT2D eigenvalue weighted by molar-refractivity contribution is -0.143. The van der Waals surface area contributed by atoms with Crippen molar-refractivity contribution in [3.63, 3.8) is 0 Å². The van der Waals surface area contributed by atoms with Crippen LogP contribution in [0.1, 0.15) is 30.9 Å². The first kappa shape index (κ1) is 17.1. The Balaban J connectivity index is 2.43. The van der Waals surface area contributed by atoms with E-state index in [9.17, 15) is 4.79 Å².